The molecule has 0 saturated heterocycles. The van der Waals surface area contributed by atoms with Gasteiger partial charge in [0.2, 0.25) is 0 Å². The first kappa shape index (κ1) is 10.1. The van der Waals surface area contributed by atoms with Crippen LogP contribution in [0.15, 0.2) is 29.9 Å². The van der Waals surface area contributed by atoms with E-state index in [1.807, 2.05) is 6.20 Å². The molecule has 2 nitrogen and oxygen atoms in total. The predicted octanol–water partition coefficient (Wildman–Crippen LogP) is 3.20. The lowest BCUT2D eigenvalue weighted by Crippen LogP contribution is -1.98. The van der Waals surface area contributed by atoms with E-state index in [0.717, 1.165) is 17.1 Å². The maximum absolute atomic E-state index is 13.0. The molecule has 0 bridgehead atoms. The molecule has 0 spiro atoms. The predicted molar refractivity (Wildman–Crippen MR) is 60.6 cm³/mol. The van der Waals surface area contributed by atoms with Crippen LogP contribution in [0.25, 0.3) is 0 Å². The third-order valence-corrected chi connectivity index (χ3v) is 2.89. The van der Waals surface area contributed by atoms with Crippen molar-refractivity contribution in [1.82, 2.24) is 4.98 Å². The quantitative estimate of drug-likeness (QED) is 0.862. The van der Waals surface area contributed by atoms with E-state index in [2.05, 4.69) is 10.3 Å². The van der Waals surface area contributed by atoms with Crippen molar-refractivity contribution in [3.05, 3.63) is 46.2 Å². The van der Waals surface area contributed by atoms with Gasteiger partial charge >= 0.3 is 0 Å². The second-order valence-electron chi connectivity index (χ2n) is 3.29. The molecule has 0 radical (unpaired) electrons. The van der Waals surface area contributed by atoms with Crippen LogP contribution in [0.4, 0.5) is 10.1 Å². The SMILES string of the molecule is Cc1cc(NCc2cncs2)ccc1F. The molecule has 0 aliphatic heterocycles. The summed E-state index contributed by atoms with van der Waals surface area (Å²) in [5.74, 6) is -0.168. The molecule has 0 unspecified atom stereocenters. The van der Waals surface area contributed by atoms with Crippen LogP contribution in [0, 0.1) is 12.7 Å². The van der Waals surface area contributed by atoms with E-state index in [0.29, 0.717) is 5.56 Å². The highest BCUT2D eigenvalue weighted by Gasteiger charge is 1.99. The van der Waals surface area contributed by atoms with Crippen molar-refractivity contribution < 1.29 is 4.39 Å². The summed E-state index contributed by atoms with van der Waals surface area (Å²) in [7, 11) is 0. The van der Waals surface area contributed by atoms with E-state index in [9.17, 15) is 4.39 Å². The van der Waals surface area contributed by atoms with Gasteiger partial charge in [0.25, 0.3) is 0 Å². The van der Waals surface area contributed by atoms with E-state index in [1.165, 1.54) is 6.07 Å². The summed E-state index contributed by atoms with van der Waals surface area (Å²) in [6, 6.07) is 5.02. The van der Waals surface area contributed by atoms with Crippen molar-refractivity contribution in [1.29, 1.82) is 0 Å². The Morgan fingerprint density at radius 2 is 2.33 bits per heavy atom. The summed E-state index contributed by atoms with van der Waals surface area (Å²) in [4.78, 5) is 5.15. The maximum atomic E-state index is 13.0. The van der Waals surface area contributed by atoms with Crippen LogP contribution in [-0.2, 0) is 6.54 Å². The molecule has 0 aliphatic carbocycles. The number of hydrogen-bond acceptors (Lipinski definition) is 3. The summed E-state index contributed by atoms with van der Waals surface area (Å²) in [6.07, 6.45) is 1.83. The van der Waals surface area contributed by atoms with Gasteiger partial charge in [-0.1, -0.05) is 0 Å². The lowest BCUT2D eigenvalue weighted by atomic mass is 10.2. The summed E-state index contributed by atoms with van der Waals surface area (Å²) in [6.45, 7) is 2.49. The molecule has 0 amide bonds. The zero-order chi connectivity index (χ0) is 10.7. The number of halogens is 1. The normalized spacial score (nSPS) is 10.3. The fourth-order valence-corrected chi connectivity index (χ4v) is 1.81. The van der Waals surface area contributed by atoms with Crippen LogP contribution >= 0.6 is 11.3 Å². The highest BCUT2D eigenvalue weighted by atomic mass is 32.1. The van der Waals surface area contributed by atoms with Gasteiger partial charge in [0, 0.05) is 16.8 Å². The van der Waals surface area contributed by atoms with Gasteiger partial charge in [0.1, 0.15) is 5.82 Å². The molecule has 2 rings (SSSR count). The minimum Gasteiger partial charge on any atom is -0.380 e. The van der Waals surface area contributed by atoms with E-state index in [4.69, 9.17) is 0 Å². The molecule has 78 valence electrons. The van der Waals surface area contributed by atoms with Gasteiger partial charge in [0.05, 0.1) is 12.1 Å². The second kappa shape index (κ2) is 4.40. The third kappa shape index (κ3) is 2.53. The Bertz CT molecular complexity index is 440. The standard InChI is InChI=1S/C11H11FN2S/c1-8-4-9(2-3-11(8)12)14-6-10-5-13-7-15-10/h2-5,7,14H,6H2,1H3. The number of benzene rings is 1. The van der Waals surface area contributed by atoms with E-state index in [-0.39, 0.29) is 5.82 Å². The Balaban J connectivity index is 2.02. The highest BCUT2D eigenvalue weighted by Crippen LogP contribution is 2.15. The highest BCUT2D eigenvalue weighted by molar-refractivity contribution is 7.09. The second-order valence-corrected chi connectivity index (χ2v) is 4.26. The monoisotopic (exact) mass is 222 g/mol. The molecule has 15 heavy (non-hydrogen) atoms. The van der Waals surface area contributed by atoms with Crippen molar-refractivity contribution in [2.24, 2.45) is 0 Å². The number of anilines is 1. The third-order valence-electron chi connectivity index (χ3n) is 2.11. The Hall–Kier alpha value is -1.42. The van der Waals surface area contributed by atoms with Crippen LogP contribution in [-0.4, -0.2) is 4.98 Å². The van der Waals surface area contributed by atoms with Crippen molar-refractivity contribution in [3.63, 3.8) is 0 Å². The largest absolute Gasteiger partial charge is 0.380 e. The number of aromatic nitrogens is 1. The Morgan fingerprint density at radius 3 is 3.00 bits per heavy atom. The van der Waals surface area contributed by atoms with Gasteiger partial charge in [0.15, 0.2) is 0 Å². The van der Waals surface area contributed by atoms with Gasteiger partial charge in [-0.3, -0.25) is 4.98 Å². The van der Waals surface area contributed by atoms with E-state index >= 15 is 0 Å². The molecule has 4 heteroatoms. The molecule has 1 aromatic carbocycles. The van der Waals surface area contributed by atoms with Gasteiger partial charge in [-0.15, -0.1) is 11.3 Å². The first-order valence-corrected chi connectivity index (χ1v) is 5.51. The zero-order valence-corrected chi connectivity index (χ0v) is 9.14. The Labute approximate surface area is 91.8 Å². The van der Waals surface area contributed by atoms with E-state index < -0.39 is 0 Å². The molecule has 0 atom stereocenters. The van der Waals surface area contributed by atoms with Crippen LogP contribution in [0.1, 0.15) is 10.4 Å². The van der Waals surface area contributed by atoms with Gasteiger partial charge < -0.3 is 5.32 Å². The molecule has 2 aromatic rings. The number of nitrogens with zero attached hydrogens (tertiary/aromatic N) is 1. The minimum absolute atomic E-state index is 0.168. The van der Waals surface area contributed by atoms with Crippen molar-refractivity contribution in [2.45, 2.75) is 13.5 Å². The van der Waals surface area contributed by atoms with E-state index in [1.54, 1.807) is 35.9 Å². The molecule has 0 aliphatic rings. The van der Waals surface area contributed by atoms with Gasteiger partial charge in [-0.05, 0) is 30.7 Å². The number of rotatable bonds is 3. The number of thiazole rings is 1. The summed E-state index contributed by atoms with van der Waals surface area (Å²) >= 11 is 1.60. The average Bonchev–Trinajstić information content (AvgIpc) is 2.73. The fourth-order valence-electron chi connectivity index (χ4n) is 1.27. The van der Waals surface area contributed by atoms with Crippen LogP contribution < -0.4 is 5.32 Å². The summed E-state index contributed by atoms with van der Waals surface area (Å²) in [5.41, 5.74) is 3.39. The number of aryl methyl sites for hydroxylation is 1. The first-order chi connectivity index (χ1) is 7.25. The van der Waals surface area contributed by atoms with Gasteiger partial charge in [-0.2, -0.15) is 0 Å². The molecule has 1 N–H and O–H groups in total. The summed E-state index contributed by atoms with van der Waals surface area (Å²) < 4.78 is 13.0. The summed E-state index contributed by atoms with van der Waals surface area (Å²) in [5, 5.41) is 3.22. The van der Waals surface area contributed by atoms with Gasteiger partial charge in [-0.25, -0.2) is 4.39 Å². The molecule has 1 aromatic heterocycles. The smallest absolute Gasteiger partial charge is 0.126 e. The molecule has 1 heterocycles. The topological polar surface area (TPSA) is 24.9 Å². The molecule has 0 saturated carbocycles. The first-order valence-electron chi connectivity index (χ1n) is 4.63. The lowest BCUT2D eigenvalue weighted by molar-refractivity contribution is 0.618. The Morgan fingerprint density at radius 1 is 1.47 bits per heavy atom. The zero-order valence-electron chi connectivity index (χ0n) is 8.33. The maximum Gasteiger partial charge on any atom is 0.126 e. The Kier molecular flexibility index (Phi) is 2.97. The minimum atomic E-state index is -0.168. The average molecular weight is 222 g/mol. The number of hydrogen-bond donors (Lipinski definition) is 1. The van der Waals surface area contributed by atoms with Crippen LogP contribution in [0.2, 0.25) is 0 Å². The number of nitrogens with one attached hydrogen (secondary N) is 1. The van der Waals surface area contributed by atoms with Crippen molar-refractivity contribution in [2.75, 3.05) is 5.32 Å². The van der Waals surface area contributed by atoms with Crippen LogP contribution in [0.3, 0.4) is 0 Å². The lowest BCUT2D eigenvalue weighted by Gasteiger charge is -2.05. The van der Waals surface area contributed by atoms with Crippen molar-refractivity contribution >= 4 is 17.0 Å². The molecular formula is C11H11FN2S. The molecular weight excluding hydrogens is 211 g/mol. The van der Waals surface area contributed by atoms with Crippen LogP contribution in [0.5, 0.6) is 0 Å². The fraction of sp³-hybridized carbons (Fsp3) is 0.182. The molecule has 0 fully saturated rings. The van der Waals surface area contributed by atoms with Crippen molar-refractivity contribution in [3.8, 4) is 0 Å².